The predicted octanol–water partition coefficient (Wildman–Crippen LogP) is 1.17. The minimum absolute atomic E-state index is 0.196. The standard InChI is InChI=1S/C10H12N4/c1-7-8(3-2-4-13-7)9-5-12-6-14-10(9)11/h2-8H,1H3,(H2,11,12,14). The summed E-state index contributed by atoms with van der Waals surface area (Å²) in [5.41, 5.74) is 6.73. The molecule has 2 rings (SSSR count). The van der Waals surface area contributed by atoms with Gasteiger partial charge < -0.3 is 5.73 Å². The van der Waals surface area contributed by atoms with Gasteiger partial charge >= 0.3 is 0 Å². The van der Waals surface area contributed by atoms with E-state index < -0.39 is 0 Å². The first-order chi connectivity index (χ1) is 6.79. The third-order valence-corrected chi connectivity index (χ3v) is 2.38. The molecule has 0 saturated heterocycles. The molecule has 0 amide bonds. The lowest BCUT2D eigenvalue weighted by Crippen LogP contribution is -2.16. The summed E-state index contributed by atoms with van der Waals surface area (Å²) in [4.78, 5) is 12.3. The Hall–Kier alpha value is -1.71. The summed E-state index contributed by atoms with van der Waals surface area (Å²) in [5.74, 6) is 0.736. The van der Waals surface area contributed by atoms with E-state index in [0.29, 0.717) is 5.82 Å². The molecule has 2 N–H and O–H groups in total. The maximum atomic E-state index is 5.78. The minimum atomic E-state index is 0.196. The number of aromatic nitrogens is 2. The lowest BCUT2D eigenvalue weighted by atomic mass is 9.92. The molecule has 2 unspecified atom stereocenters. The number of aliphatic imine (C=N–C) groups is 1. The van der Waals surface area contributed by atoms with Gasteiger partial charge in [-0.25, -0.2) is 9.97 Å². The predicted molar refractivity (Wildman–Crippen MR) is 56.3 cm³/mol. The SMILES string of the molecule is CC1N=CC=CC1c1cncnc1N. The van der Waals surface area contributed by atoms with Crippen LogP contribution in [0.25, 0.3) is 0 Å². The number of allylic oxidation sites excluding steroid dienone is 1. The summed E-state index contributed by atoms with van der Waals surface area (Å²) < 4.78 is 0. The molecule has 4 nitrogen and oxygen atoms in total. The Balaban J connectivity index is 2.36. The van der Waals surface area contributed by atoms with E-state index in [-0.39, 0.29) is 12.0 Å². The quantitative estimate of drug-likeness (QED) is 0.719. The molecule has 2 atom stereocenters. The number of anilines is 1. The second-order valence-electron chi connectivity index (χ2n) is 3.31. The van der Waals surface area contributed by atoms with Gasteiger partial charge in [-0.1, -0.05) is 6.08 Å². The van der Waals surface area contributed by atoms with Crippen LogP contribution in [-0.4, -0.2) is 22.2 Å². The van der Waals surface area contributed by atoms with Crippen molar-refractivity contribution in [3.05, 3.63) is 30.2 Å². The van der Waals surface area contributed by atoms with Crippen LogP contribution >= 0.6 is 0 Å². The molecule has 0 spiro atoms. The van der Waals surface area contributed by atoms with Crippen molar-refractivity contribution >= 4 is 12.0 Å². The molecule has 0 aromatic carbocycles. The second kappa shape index (κ2) is 3.57. The molecule has 2 heterocycles. The lowest BCUT2D eigenvalue weighted by molar-refractivity contribution is 0.658. The third kappa shape index (κ3) is 1.51. The highest BCUT2D eigenvalue weighted by Crippen LogP contribution is 2.27. The van der Waals surface area contributed by atoms with Crippen molar-refractivity contribution in [3.8, 4) is 0 Å². The summed E-state index contributed by atoms with van der Waals surface area (Å²) in [6.07, 6.45) is 9.03. The number of rotatable bonds is 1. The molecule has 1 aromatic heterocycles. The van der Waals surface area contributed by atoms with E-state index in [1.54, 1.807) is 12.4 Å². The third-order valence-electron chi connectivity index (χ3n) is 2.38. The highest BCUT2D eigenvalue weighted by Gasteiger charge is 2.20. The zero-order chi connectivity index (χ0) is 9.97. The van der Waals surface area contributed by atoms with Crippen LogP contribution in [0.3, 0.4) is 0 Å². The molecular weight excluding hydrogens is 176 g/mol. The van der Waals surface area contributed by atoms with Crippen LogP contribution in [0.1, 0.15) is 18.4 Å². The topological polar surface area (TPSA) is 64.2 Å². The van der Waals surface area contributed by atoms with Gasteiger partial charge in [-0.15, -0.1) is 0 Å². The van der Waals surface area contributed by atoms with E-state index in [0.717, 1.165) is 5.56 Å². The highest BCUT2D eigenvalue weighted by molar-refractivity contribution is 5.73. The van der Waals surface area contributed by atoms with Gasteiger partial charge in [0.1, 0.15) is 12.1 Å². The first-order valence-electron chi connectivity index (χ1n) is 4.54. The summed E-state index contributed by atoms with van der Waals surface area (Å²) in [6.45, 7) is 2.05. The van der Waals surface area contributed by atoms with Crippen LogP contribution in [0.5, 0.6) is 0 Å². The smallest absolute Gasteiger partial charge is 0.130 e. The summed E-state index contributed by atoms with van der Waals surface area (Å²) in [5, 5.41) is 0. The van der Waals surface area contributed by atoms with Crippen molar-refractivity contribution in [3.63, 3.8) is 0 Å². The first-order valence-corrected chi connectivity index (χ1v) is 4.54. The zero-order valence-corrected chi connectivity index (χ0v) is 7.96. The molecule has 14 heavy (non-hydrogen) atoms. The van der Waals surface area contributed by atoms with Gasteiger partial charge in [0, 0.05) is 23.9 Å². The van der Waals surface area contributed by atoms with Crippen LogP contribution in [-0.2, 0) is 0 Å². The van der Waals surface area contributed by atoms with Crippen molar-refractivity contribution in [2.75, 3.05) is 5.73 Å². The summed E-state index contributed by atoms with van der Waals surface area (Å²) in [7, 11) is 0. The molecule has 72 valence electrons. The normalized spacial score (nSPS) is 25.2. The minimum Gasteiger partial charge on any atom is -0.383 e. The molecular formula is C10H12N4. The van der Waals surface area contributed by atoms with E-state index in [2.05, 4.69) is 28.0 Å². The molecule has 1 aliphatic heterocycles. The maximum Gasteiger partial charge on any atom is 0.130 e. The molecule has 0 fully saturated rings. The van der Waals surface area contributed by atoms with E-state index in [4.69, 9.17) is 5.73 Å². The number of nitrogen functional groups attached to an aromatic ring is 1. The molecule has 0 radical (unpaired) electrons. The van der Waals surface area contributed by atoms with Gasteiger partial charge in [0.05, 0.1) is 6.04 Å². The Bertz CT molecular complexity index is 383. The number of nitrogens with zero attached hydrogens (tertiary/aromatic N) is 3. The Morgan fingerprint density at radius 1 is 1.43 bits per heavy atom. The van der Waals surface area contributed by atoms with Crippen LogP contribution in [0.2, 0.25) is 0 Å². The molecule has 1 aliphatic rings. The van der Waals surface area contributed by atoms with Gasteiger partial charge in [0.15, 0.2) is 0 Å². The Morgan fingerprint density at radius 2 is 2.29 bits per heavy atom. The number of nitrogens with two attached hydrogens (primary N) is 1. The second-order valence-corrected chi connectivity index (χ2v) is 3.31. The molecule has 1 aromatic rings. The van der Waals surface area contributed by atoms with Crippen LogP contribution in [0.15, 0.2) is 29.7 Å². The fourth-order valence-electron chi connectivity index (χ4n) is 1.58. The molecule has 0 aliphatic carbocycles. The van der Waals surface area contributed by atoms with E-state index in [1.165, 1.54) is 6.33 Å². The van der Waals surface area contributed by atoms with Crippen molar-refractivity contribution in [2.24, 2.45) is 4.99 Å². The summed E-state index contributed by atoms with van der Waals surface area (Å²) in [6, 6.07) is 0.202. The monoisotopic (exact) mass is 188 g/mol. The van der Waals surface area contributed by atoms with Gasteiger partial charge in [-0.05, 0) is 13.0 Å². The summed E-state index contributed by atoms with van der Waals surface area (Å²) >= 11 is 0. The first kappa shape index (κ1) is 8.87. The number of dihydropyridines is 1. The number of hydrogen-bond acceptors (Lipinski definition) is 4. The largest absolute Gasteiger partial charge is 0.383 e. The van der Waals surface area contributed by atoms with Crippen molar-refractivity contribution < 1.29 is 0 Å². The van der Waals surface area contributed by atoms with Crippen molar-refractivity contribution in [1.29, 1.82) is 0 Å². The van der Waals surface area contributed by atoms with Gasteiger partial charge in [0.25, 0.3) is 0 Å². The fourth-order valence-corrected chi connectivity index (χ4v) is 1.58. The lowest BCUT2D eigenvalue weighted by Gasteiger charge is -2.20. The average molecular weight is 188 g/mol. The van der Waals surface area contributed by atoms with Crippen molar-refractivity contribution in [1.82, 2.24) is 9.97 Å². The van der Waals surface area contributed by atoms with E-state index in [1.807, 2.05) is 6.08 Å². The zero-order valence-electron chi connectivity index (χ0n) is 7.96. The highest BCUT2D eigenvalue weighted by atomic mass is 14.9. The molecule has 0 saturated carbocycles. The van der Waals surface area contributed by atoms with Gasteiger partial charge in [-0.3, -0.25) is 4.99 Å². The maximum absolute atomic E-state index is 5.78. The van der Waals surface area contributed by atoms with Crippen molar-refractivity contribution in [2.45, 2.75) is 18.9 Å². The Labute approximate surface area is 82.6 Å². The Kier molecular flexibility index (Phi) is 2.26. The molecule has 4 heteroatoms. The van der Waals surface area contributed by atoms with Gasteiger partial charge in [0.2, 0.25) is 0 Å². The molecule has 0 bridgehead atoms. The van der Waals surface area contributed by atoms with Crippen LogP contribution in [0, 0.1) is 0 Å². The van der Waals surface area contributed by atoms with E-state index in [9.17, 15) is 0 Å². The Morgan fingerprint density at radius 3 is 3.00 bits per heavy atom. The van der Waals surface area contributed by atoms with Crippen LogP contribution in [0.4, 0.5) is 5.82 Å². The fraction of sp³-hybridized carbons (Fsp3) is 0.300. The average Bonchev–Trinajstić information content (AvgIpc) is 2.20. The van der Waals surface area contributed by atoms with Gasteiger partial charge in [-0.2, -0.15) is 0 Å². The van der Waals surface area contributed by atoms with Crippen LogP contribution < -0.4 is 5.73 Å². The number of hydrogen-bond donors (Lipinski definition) is 1. The van der Waals surface area contributed by atoms with E-state index >= 15 is 0 Å².